The number of hydrogen-bond acceptors (Lipinski definition) is 7. The summed E-state index contributed by atoms with van der Waals surface area (Å²) in [6, 6.07) is 0. The number of thiazole rings is 1. The molecule has 2 atom stereocenters. The third-order valence-electron chi connectivity index (χ3n) is 1.87. The average molecular weight is 261 g/mol. The predicted molar refractivity (Wildman–Crippen MR) is 58.4 cm³/mol. The number of aromatic nitrogens is 1. The van der Waals surface area contributed by atoms with Gasteiger partial charge in [-0.2, -0.15) is 0 Å². The fourth-order valence-corrected chi connectivity index (χ4v) is 1.80. The Hall–Kier alpha value is -1.58. The number of nitrogens with one attached hydrogen (secondary N) is 1. The molecule has 9 heteroatoms. The van der Waals surface area contributed by atoms with Crippen molar-refractivity contribution in [2.45, 2.75) is 19.1 Å². The Kier molecular flexibility index (Phi) is 4.49. The third-order valence-corrected chi connectivity index (χ3v) is 2.89. The number of amides is 1. The van der Waals surface area contributed by atoms with Gasteiger partial charge in [0.05, 0.1) is 4.92 Å². The Morgan fingerprint density at radius 3 is 2.82 bits per heavy atom. The van der Waals surface area contributed by atoms with E-state index < -0.39 is 17.1 Å². The number of aliphatic hydroxyl groups is 2. The van der Waals surface area contributed by atoms with Crippen molar-refractivity contribution in [2.75, 3.05) is 6.54 Å². The Bertz CT molecular complexity index is 421. The molecule has 1 amide bonds. The predicted octanol–water partition coefficient (Wildman–Crippen LogP) is -0.418. The van der Waals surface area contributed by atoms with Gasteiger partial charge in [-0.1, -0.05) is 0 Å². The third kappa shape index (κ3) is 3.73. The van der Waals surface area contributed by atoms with Crippen molar-refractivity contribution in [1.82, 2.24) is 10.3 Å². The van der Waals surface area contributed by atoms with Crippen LogP contribution < -0.4 is 5.32 Å². The maximum atomic E-state index is 10.6. The summed E-state index contributed by atoms with van der Waals surface area (Å²) in [5, 5.41) is 31.7. The van der Waals surface area contributed by atoms with Crippen LogP contribution in [0, 0.1) is 10.1 Å². The first-order valence-corrected chi connectivity index (χ1v) is 5.44. The highest BCUT2D eigenvalue weighted by Gasteiger charge is 2.24. The molecular formula is C8H11N3O5S. The van der Waals surface area contributed by atoms with E-state index in [1.807, 2.05) is 0 Å². The fraction of sp³-hybridized carbons (Fsp3) is 0.500. The summed E-state index contributed by atoms with van der Waals surface area (Å²) < 4.78 is 0. The number of hydrogen-bond donors (Lipinski definition) is 3. The molecule has 0 bridgehead atoms. The number of nitrogens with zero attached hydrogens (tertiary/aromatic N) is 2. The SMILES string of the molecule is CC(=O)NCC(O)C(O)c1ncc([N+](=O)[O-])s1. The second kappa shape index (κ2) is 5.66. The van der Waals surface area contributed by atoms with Gasteiger partial charge in [-0.25, -0.2) is 4.98 Å². The minimum Gasteiger partial charge on any atom is -0.388 e. The molecule has 8 nitrogen and oxygen atoms in total. The fourth-order valence-electron chi connectivity index (χ4n) is 1.02. The summed E-state index contributed by atoms with van der Waals surface area (Å²) in [6.07, 6.45) is -1.61. The zero-order valence-corrected chi connectivity index (χ0v) is 9.68. The van der Waals surface area contributed by atoms with Crippen molar-refractivity contribution in [1.29, 1.82) is 0 Å². The monoisotopic (exact) mass is 261 g/mol. The van der Waals surface area contributed by atoms with Crippen LogP contribution in [0.25, 0.3) is 0 Å². The summed E-state index contributed by atoms with van der Waals surface area (Å²) in [7, 11) is 0. The van der Waals surface area contributed by atoms with E-state index in [0.29, 0.717) is 11.3 Å². The highest BCUT2D eigenvalue weighted by molar-refractivity contribution is 7.14. The summed E-state index contributed by atoms with van der Waals surface area (Å²) in [4.78, 5) is 24.0. The second-order valence-electron chi connectivity index (χ2n) is 3.24. The molecule has 2 unspecified atom stereocenters. The Balaban J connectivity index is 2.64. The van der Waals surface area contributed by atoms with Crippen LogP contribution in [0.3, 0.4) is 0 Å². The van der Waals surface area contributed by atoms with Crippen LogP contribution in [0.2, 0.25) is 0 Å². The van der Waals surface area contributed by atoms with Gasteiger partial charge in [0.25, 0.3) is 0 Å². The summed E-state index contributed by atoms with van der Waals surface area (Å²) in [5.41, 5.74) is 0. The number of carbonyl (C=O) groups is 1. The lowest BCUT2D eigenvalue weighted by molar-refractivity contribution is -0.380. The van der Waals surface area contributed by atoms with Crippen LogP contribution in [0.5, 0.6) is 0 Å². The Morgan fingerprint density at radius 2 is 2.35 bits per heavy atom. The molecule has 0 fully saturated rings. The smallest absolute Gasteiger partial charge is 0.344 e. The molecule has 0 spiro atoms. The van der Waals surface area contributed by atoms with Gasteiger partial charge in [0, 0.05) is 13.5 Å². The standard InChI is InChI=1S/C8H11N3O5S/c1-4(12)9-2-5(13)7(14)8-10-3-6(17-8)11(15)16/h3,5,7,13-14H,2H2,1H3,(H,9,12). The molecular weight excluding hydrogens is 250 g/mol. The summed E-state index contributed by atoms with van der Waals surface area (Å²) >= 11 is 0.679. The van der Waals surface area contributed by atoms with Gasteiger partial charge in [-0.15, -0.1) is 0 Å². The van der Waals surface area contributed by atoms with E-state index in [-0.39, 0.29) is 22.5 Å². The molecule has 0 radical (unpaired) electrons. The summed E-state index contributed by atoms with van der Waals surface area (Å²) in [5.74, 6) is -0.346. The van der Waals surface area contributed by atoms with Gasteiger partial charge < -0.3 is 15.5 Å². The first kappa shape index (κ1) is 13.5. The minimum absolute atomic E-state index is 0.0366. The summed E-state index contributed by atoms with van der Waals surface area (Å²) in [6.45, 7) is 1.12. The van der Waals surface area contributed by atoms with Crippen LogP contribution in [0.1, 0.15) is 18.0 Å². The molecule has 0 saturated carbocycles. The van der Waals surface area contributed by atoms with E-state index in [9.17, 15) is 25.1 Å². The van der Waals surface area contributed by atoms with Crippen LogP contribution in [0.4, 0.5) is 5.00 Å². The first-order chi connectivity index (χ1) is 7.91. The zero-order chi connectivity index (χ0) is 13.0. The molecule has 17 heavy (non-hydrogen) atoms. The average Bonchev–Trinajstić information content (AvgIpc) is 2.73. The quantitative estimate of drug-likeness (QED) is 0.488. The van der Waals surface area contributed by atoms with E-state index >= 15 is 0 Å². The van der Waals surface area contributed by atoms with Crippen molar-refractivity contribution in [3.63, 3.8) is 0 Å². The van der Waals surface area contributed by atoms with Gasteiger partial charge >= 0.3 is 5.00 Å². The number of nitro groups is 1. The Labute approximate surface area is 100 Å². The zero-order valence-electron chi connectivity index (χ0n) is 8.86. The van der Waals surface area contributed by atoms with Crippen molar-refractivity contribution >= 4 is 22.2 Å². The van der Waals surface area contributed by atoms with E-state index in [1.54, 1.807) is 0 Å². The normalized spacial score (nSPS) is 14.1. The maximum Gasteiger partial charge on any atom is 0.344 e. The number of rotatable bonds is 5. The highest BCUT2D eigenvalue weighted by atomic mass is 32.1. The lowest BCUT2D eigenvalue weighted by Crippen LogP contribution is -2.34. The lowest BCUT2D eigenvalue weighted by Gasteiger charge is -2.15. The van der Waals surface area contributed by atoms with Gasteiger partial charge in [0.15, 0.2) is 0 Å². The molecule has 1 heterocycles. The van der Waals surface area contributed by atoms with Crippen LogP contribution >= 0.6 is 11.3 Å². The number of carbonyl (C=O) groups excluding carboxylic acids is 1. The molecule has 0 aliphatic heterocycles. The first-order valence-electron chi connectivity index (χ1n) is 4.62. The largest absolute Gasteiger partial charge is 0.388 e. The van der Waals surface area contributed by atoms with E-state index in [1.165, 1.54) is 6.92 Å². The number of aliphatic hydroxyl groups excluding tert-OH is 2. The van der Waals surface area contributed by atoms with Crippen molar-refractivity contribution in [2.24, 2.45) is 0 Å². The maximum absolute atomic E-state index is 10.6. The van der Waals surface area contributed by atoms with Crippen LogP contribution in [0.15, 0.2) is 6.20 Å². The molecule has 0 aliphatic carbocycles. The van der Waals surface area contributed by atoms with Gasteiger partial charge in [0.2, 0.25) is 5.91 Å². The van der Waals surface area contributed by atoms with Crippen LogP contribution in [-0.4, -0.2) is 38.7 Å². The second-order valence-corrected chi connectivity index (χ2v) is 4.28. The van der Waals surface area contributed by atoms with E-state index in [4.69, 9.17) is 0 Å². The minimum atomic E-state index is -1.36. The molecule has 1 rings (SSSR count). The Morgan fingerprint density at radius 1 is 1.71 bits per heavy atom. The van der Waals surface area contributed by atoms with E-state index in [0.717, 1.165) is 6.20 Å². The molecule has 0 saturated heterocycles. The van der Waals surface area contributed by atoms with E-state index in [2.05, 4.69) is 10.3 Å². The molecule has 0 aliphatic rings. The highest BCUT2D eigenvalue weighted by Crippen LogP contribution is 2.27. The van der Waals surface area contributed by atoms with Gasteiger partial charge in [0.1, 0.15) is 23.4 Å². The van der Waals surface area contributed by atoms with Gasteiger partial charge in [-0.05, 0) is 11.3 Å². The van der Waals surface area contributed by atoms with Crippen molar-refractivity contribution < 1.29 is 19.9 Å². The molecule has 94 valence electrons. The molecule has 3 N–H and O–H groups in total. The lowest BCUT2D eigenvalue weighted by atomic mass is 10.2. The molecule has 1 aromatic heterocycles. The van der Waals surface area contributed by atoms with Crippen LogP contribution in [-0.2, 0) is 4.79 Å². The van der Waals surface area contributed by atoms with Crippen molar-refractivity contribution in [3.05, 3.63) is 21.3 Å². The topological polar surface area (TPSA) is 126 Å². The molecule has 0 aromatic carbocycles. The van der Waals surface area contributed by atoms with Gasteiger partial charge in [-0.3, -0.25) is 14.9 Å². The molecule has 1 aromatic rings. The van der Waals surface area contributed by atoms with Crippen molar-refractivity contribution in [3.8, 4) is 0 Å².